The summed E-state index contributed by atoms with van der Waals surface area (Å²) in [7, 11) is 0. The lowest BCUT2D eigenvalue weighted by Gasteiger charge is -2.18. The second-order valence-corrected chi connectivity index (χ2v) is 23.0. The van der Waals surface area contributed by atoms with Crippen molar-refractivity contribution in [3.05, 3.63) is 122 Å². The van der Waals surface area contributed by atoms with Gasteiger partial charge in [-0.25, -0.2) is 0 Å². The Morgan fingerprint density at radius 2 is 0.494 bits per heavy atom. The monoisotopic (exact) mass is 1150 g/mol. The van der Waals surface area contributed by atoms with Crippen molar-refractivity contribution >= 4 is 17.9 Å². The number of ether oxygens (including phenoxy) is 3. The van der Waals surface area contributed by atoms with E-state index >= 15 is 0 Å². The molecule has 1 atom stereocenters. The second-order valence-electron chi connectivity index (χ2n) is 23.0. The normalized spacial score (nSPS) is 12.9. The summed E-state index contributed by atoms with van der Waals surface area (Å²) in [5.74, 6) is -0.993. The number of esters is 3. The summed E-state index contributed by atoms with van der Waals surface area (Å²) in [5, 5.41) is 0. The largest absolute Gasteiger partial charge is 0.462 e. The highest BCUT2D eigenvalue weighted by Crippen LogP contribution is 2.17. The molecule has 6 heteroatoms. The molecule has 0 spiro atoms. The minimum absolute atomic E-state index is 0.105. The first-order valence-electron chi connectivity index (χ1n) is 35.0. The van der Waals surface area contributed by atoms with Crippen LogP contribution >= 0.6 is 0 Å². The molecule has 1 unspecified atom stereocenters. The van der Waals surface area contributed by atoms with Crippen molar-refractivity contribution < 1.29 is 28.6 Å². The van der Waals surface area contributed by atoms with Gasteiger partial charge in [-0.05, 0) is 116 Å². The molecule has 0 aromatic carbocycles. The Morgan fingerprint density at radius 1 is 0.253 bits per heavy atom. The van der Waals surface area contributed by atoms with E-state index in [1.807, 2.05) is 6.08 Å². The van der Waals surface area contributed by atoms with Crippen LogP contribution in [-0.4, -0.2) is 37.2 Å². The first-order chi connectivity index (χ1) is 41.0. The molecule has 0 saturated heterocycles. The highest BCUT2D eigenvalue weighted by molar-refractivity contribution is 5.71. The lowest BCUT2D eigenvalue weighted by molar-refractivity contribution is -0.166. The minimum atomic E-state index is -0.817. The molecule has 0 bridgehead atoms. The fourth-order valence-corrected chi connectivity index (χ4v) is 9.77. The first-order valence-corrected chi connectivity index (χ1v) is 35.0. The van der Waals surface area contributed by atoms with Crippen LogP contribution in [0.3, 0.4) is 0 Å². The molecule has 0 aliphatic rings. The van der Waals surface area contributed by atoms with Gasteiger partial charge in [0.05, 0.1) is 0 Å². The number of carbonyl (C=O) groups excluding carboxylic acids is 3. The fraction of sp³-hybridized carbons (Fsp3) is 0.701. The third-order valence-corrected chi connectivity index (χ3v) is 14.9. The average molecular weight is 1150 g/mol. The maximum atomic E-state index is 12.9. The van der Waals surface area contributed by atoms with E-state index in [4.69, 9.17) is 14.2 Å². The lowest BCUT2D eigenvalue weighted by Crippen LogP contribution is -2.30. The number of allylic oxidation sites excluding steroid dienone is 20. The number of carbonyl (C=O) groups is 3. The topological polar surface area (TPSA) is 78.9 Å². The molecule has 474 valence electrons. The van der Waals surface area contributed by atoms with Gasteiger partial charge in [0.1, 0.15) is 13.2 Å². The predicted molar refractivity (Wildman–Crippen MR) is 362 cm³/mol. The zero-order chi connectivity index (χ0) is 59.9. The maximum Gasteiger partial charge on any atom is 0.306 e. The molecule has 0 heterocycles. The van der Waals surface area contributed by atoms with Crippen molar-refractivity contribution in [1.82, 2.24) is 0 Å². The number of hydrogen-bond acceptors (Lipinski definition) is 6. The van der Waals surface area contributed by atoms with Crippen LogP contribution < -0.4 is 0 Å². The van der Waals surface area contributed by atoms with Crippen molar-refractivity contribution in [2.24, 2.45) is 0 Å². The second kappa shape index (κ2) is 70.3. The van der Waals surface area contributed by atoms with E-state index in [2.05, 4.69) is 136 Å². The highest BCUT2D eigenvalue weighted by Gasteiger charge is 2.19. The Morgan fingerprint density at radius 3 is 0.819 bits per heavy atom. The zero-order valence-corrected chi connectivity index (χ0v) is 54.4. The molecule has 0 fully saturated rings. The number of hydrogen-bond donors (Lipinski definition) is 0. The predicted octanol–water partition coefficient (Wildman–Crippen LogP) is 24.3. The van der Waals surface area contributed by atoms with Gasteiger partial charge in [0.25, 0.3) is 0 Å². The van der Waals surface area contributed by atoms with E-state index in [0.29, 0.717) is 19.3 Å². The van der Waals surface area contributed by atoms with Gasteiger partial charge in [-0.3, -0.25) is 14.4 Å². The summed E-state index contributed by atoms with van der Waals surface area (Å²) < 4.78 is 16.9. The fourth-order valence-electron chi connectivity index (χ4n) is 9.77. The van der Waals surface area contributed by atoms with Gasteiger partial charge in [-0.15, -0.1) is 0 Å². The van der Waals surface area contributed by atoms with Crippen LogP contribution in [0, 0.1) is 0 Å². The Labute approximate surface area is 513 Å². The Kier molecular flexibility index (Phi) is 66.7. The summed E-state index contributed by atoms with van der Waals surface area (Å²) in [4.78, 5) is 38.4. The van der Waals surface area contributed by atoms with Gasteiger partial charge in [0.2, 0.25) is 0 Å². The van der Waals surface area contributed by atoms with Crippen LogP contribution in [0.5, 0.6) is 0 Å². The molecule has 0 rings (SSSR count). The molecule has 0 radical (unpaired) electrons. The van der Waals surface area contributed by atoms with Crippen molar-refractivity contribution in [1.29, 1.82) is 0 Å². The SMILES string of the molecule is CC/C=C\C/C=C\C/C=C\C/C=C\C/C=C\CCCCCCCCCC(=O)OC(COC(=O)CC/C=C\C/C=C\C/C=C\C/C=C\CC)COC(=O)CCCCCCCCCCCCCCCCCCC/C=C\CCCCCCCCCC. The molecule has 83 heavy (non-hydrogen) atoms. The van der Waals surface area contributed by atoms with Crippen LogP contribution in [0.2, 0.25) is 0 Å². The van der Waals surface area contributed by atoms with E-state index in [1.54, 1.807) is 0 Å². The summed E-state index contributed by atoms with van der Waals surface area (Å²) in [6.07, 6.45) is 98.2. The Balaban J connectivity index is 4.30. The molecule has 0 saturated carbocycles. The molecular weight excluding hydrogens is 1020 g/mol. The summed E-state index contributed by atoms with van der Waals surface area (Å²) in [5.41, 5.74) is 0. The zero-order valence-electron chi connectivity index (χ0n) is 54.4. The molecule has 0 aromatic heterocycles. The highest BCUT2D eigenvalue weighted by atomic mass is 16.6. The third kappa shape index (κ3) is 68.5. The van der Waals surface area contributed by atoms with E-state index in [0.717, 1.165) is 109 Å². The van der Waals surface area contributed by atoms with Crippen molar-refractivity contribution in [3.8, 4) is 0 Å². The van der Waals surface area contributed by atoms with Crippen molar-refractivity contribution in [3.63, 3.8) is 0 Å². The van der Waals surface area contributed by atoms with Gasteiger partial charge in [-0.1, -0.05) is 316 Å². The van der Waals surface area contributed by atoms with E-state index in [-0.39, 0.29) is 37.5 Å². The van der Waals surface area contributed by atoms with Crippen LogP contribution in [0.1, 0.15) is 329 Å². The van der Waals surface area contributed by atoms with Crippen LogP contribution in [0.25, 0.3) is 0 Å². The number of unbranched alkanes of at least 4 members (excludes halogenated alkanes) is 32. The molecule has 0 amide bonds. The van der Waals surface area contributed by atoms with E-state index in [1.165, 1.54) is 173 Å². The Bertz CT molecular complexity index is 1700. The molecule has 6 nitrogen and oxygen atoms in total. The van der Waals surface area contributed by atoms with Crippen LogP contribution in [-0.2, 0) is 28.6 Å². The smallest absolute Gasteiger partial charge is 0.306 e. The summed E-state index contributed by atoms with van der Waals surface area (Å²) in [6, 6.07) is 0. The van der Waals surface area contributed by atoms with Crippen molar-refractivity contribution in [2.75, 3.05) is 13.2 Å². The average Bonchev–Trinajstić information content (AvgIpc) is 3.49. The maximum absolute atomic E-state index is 12.9. The van der Waals surface area contributed by atoms with Gasteiger partial charge >= 0.3 is 17.9 Å². The Hall–Kier alpha value is -4.19. The van der Waals surface area contributed by atoms with E-state index in [9.17, 15) is 14.4 Å². The number of rotatable bonds is 63. The first kappa shape index (κ1) is 78.8. The molecular formula is C77H130O6. The molecule has 0 N–H and O–H groups in total. The summed E-state index contributed by atoms with van der Waals surface area (Å²) in [6.45, 7) is 6.37. The van der Waals surface area contributed by atoms with Crippen LogP contribution in [0.4, 0.5) is 0 Å². The van der Waals surface area contributed by atoms with Crippen molar-refractivity contribution in [2.45, 2.75) is 335 Å². The van der Waals surface area contributed by atoms with Gasteiger partial charge < -0.3 is 14.2 Å². The van der Waals surface area contributed by atoms with Gasteiger partial charge in [0, 0.05) is 19.3 Å². The quantitative estimate of drug-likeness (QED) is 0.0261. The van der Waals surface area contributed by atoms with E-state index < -0.39 is 6.10 Å². The lowest BCUT2D eigenvalue weighted by atomic mass is 10.0. The minimum Gasteiger partial charge on any atom is -0.462 e. The standard InChI is InChI=1S/C77H130O6/c1-4-7-10-13-16-19-22-25-27-29-31-33-35-36-37-38-39-40-42-43-45-47-49-52-55-58-61-64-67-70-76(79)82-73-74(72-81-75(78)69-66-63-60-57-54-51-24-21-18-15-12-9-6-3)83-77(80)71-68-65-62-59-56-53-50-48-46-44-41-34-32-30-28-26-23-20-17-14-11-8-5-2/h8-9,11-12,17-18,20-21,26,28-29,31-32,34,44,46,51,54,60,63,74H,4-7,10,13-16,19,22-25,27,30,33,35-43,45,47-50,52-53,55-59,61-62,64-73H2,1-3H3/b11-8-,12-9-,20-17-,21-18-,28-26-,31-29-,34-32-,46-44-,54-51-,63-60-. The third-order valence-electron chi connectivity index (χ3n) is 14.9. The van der Waals surface area contributed by atoms with Crippen LogP contribution in [0.15, 0.2) is 122 Å². The molecule has 0 aromatic rings. The van der Waals surface area contributed by atoms with Gasteiger partial charge in [0.15, 0.2) is 6.10 Å². The molecule has 0 aliphatic carbocycles. The van der Waals surface area contributed by atoms with Gasteiger partial charge in [-0.2, -0.15) is 0 Å². The summed E-state index contributed by atoms with van der Waals surface area (Å²) >= 11 is 0. The molecule has 0 aliphatic heterocycles.